The van der Waals surface area contributed by atoms with Crippen LogP contribution in [0.3, 0.4) is 0 Å². The Balaban J connectivity index is 2.35. The Morgan fingerprint density at radius 3 is 2.84 bits per heavy atom. The van der Waals surface area contributed by atoms with Gasteiger partial charge in [0.25, 0.3) is 0 Å². The monoisotopic (exact) mass is 285 g/mol. The summed E-state index contributed by atoms with van der Waals surface area (Å²) in [6.07, 6.45) is 1.15. The smallest absolute Gasteiger partial charge is 0.224 e. The predicted molar refractivity (Wildman–Crippen MR) is 78.3 cm³/mol. The van der Waals surface area contributed by atoms with Crippen LogP contribution in [0.25, 0.3) is 0 Å². The minimum atomic E-state index is -0.0774. The molecule has 106 valence electrons. The number of aliphatic hydroxyl groups is 1. The second kappa shape index (κ2) is 7.99. The van der Waals surface area contributed by atoms with Gasteiger partial charge in [0.2, 0.25) is 5.91 Å². The van der Waals surface area contributed by atoms with Crippen molar-refractivity contribution in [3.05, 3.63) is 23.2 Å². The van der Waals surface area contributed by atoms with Crippen molar-refractivity contribution < 1.29 is 9.90 Å². The highest BCUT2D eigenvalue weighted by Crippen LogP contribution is 2.22. The van der Waals surface area contributed by atoms with Crippen LogP contribution >= 0.6 is 11.6 Å². The minimum Gasteiger partial charge on any atom is -0.397 e. The van der Waals surface area contributed by atoms with E-state index >= 15 is 0 Å². The molecule has 0 aliphatic rings. The van der Waals surface area contributed by atoms with Crippen LogP contribution in [0.1, 0.15) is 12.8 Å². The molecule has 0 saturated carbocycles. The molecule has 0 aliphatic heterocycles. The van der Waals surface area contributed by atoms with Crippen LogP contribution in [0.4, 0.5) is 11.4 Å². The highest BCUT2D eigenvalue weighted by molar-refractivity contribution is 6.31. The topological polar surface area (TPSA) is 78.6 Å². The molecule has 6 heteroatoms. The van der Waals surface area contributed by atoms with Crippen LogP contribution in [0.5, 0.6) is 0 Å². The molecule has 1 rings (SSSR count). The first kappa shape index (κ1) is 15.8. The number of hydrogen-bond donors (Lipinski definition) is 3. The van der Waals surface area contributed by atoms with Crippen molar-refractivity contribution in [3.8, 4) is 0 Å². The number of amides is 1. The molecule has 0 aromatic heterocycles. The number of anilines is 2. The number of halogens is 1. The average Bonchev–Trinajstić information content (AvgIpc) is 2.33. The Bertz CT molecular complexity index is 426. The lowest BCUT2D eigenvalue weighted by Crippen LogP contribution is -2.24. The highest BCUT2D eigenvalue weighted by Gasteiger charge is 2.06. The number of carbonyl (C=O) groups excluding carboxylic acids is 1. The molecule has 0 unspecified atom stereocenters. The number of benzene rings is 1. The van der Waals surface area contributed by atoms with Crippen LogP contribution in [-0.2, 0) is 4.79 Å². The van der Waals surface area contributed by atoms with Crippen molar-refractivity contribution in [2.24, 2.45) is 0 Å². The van der Waals surface area contributed by atoms with Gasteiger partial charge in [-0.2, -0.15) is 0 Å². The van der Waals surface area contributed by atoms with E-state index in [0.717, 1.165) is 13.0 Å². The summed E-state index contributed by atoms with van der Waals surface area (Å²) >= 11 is 5.78. The third-order valence-corrected chi connectivity index (χ3v) is 2.95. The normalized spacial score (nSPS) is 10.7. The van der Waals surface area contributed by atoms with E-state index < -0.39 is 0 Å². The number of hydrogen-bond acceptors (Lipinski definition) is 4. The van der Waals surface area contributed by atoms with Crippen LogP contribution in [0.2, 0.25) is 5.02 Å². The molecule has 1 aromatic rings. The number of likely N-dealkylation sites (N-methyl/N-ethyl adjacent to an activating group) is 1. The number of rotatable bonds is 7. The van der Waals surface area contributed by atoms with Gasteiger partial charge in [0, 0.05) is 18.0 Å². The van der Waals surface area contributed by atoms with E-state index in [4.69, 9.17) is 22.4 Å². The molecule has 19 heavy (non-hydrogen) atoms. The van der Waals surface area contributed by atoms with E-state index in [2.05, 4.69) is 5.32 Å². The second-order valence-corrected chi connectivity index (χ2v) is 4.85. The van der Waals surface area contributed by atoms with Crippen molar-refractivity contribution in [3.63, 3.8) is 0 Å². The van der Waals surface area contributed by atoms with Gasteiger partial charge >= 0.3 is 0 Å². The van der Waals surface area contributed by atoms with Gasteiger partial charge in [-0.15, -0.1) is 0 Å². The molecule has 1 aromatic carbocycles. The molecule has 1 amide bonds. The molecule has 0 heterocycles. The maximum absolute atomic E-state index is 11.7. The molecule has 0 atom stereocenters. The van der Waals surface area contributed by atoms with Crippen LogP contribution < -0.4 is 11.1 Å². The summed E-state index contributed by atoms with van der Waals surface area (Å²) in [7, 11) is 1.91. The molecule has 4 N–H and O–H groups in total. The van der Waals surface area contributed by atoms with E-state index in [1.165, 1.54) is 0 Å². The van der Waals surface area contributed by atoms with Gasteiger partial charge < -0.3 is 21.1 Å². The first-order valence-corrected chi connectivity index (χ1v) is 6.55. The van der Waals surface area contributed by atoms with Crippen LogP contribution in [0, 0.1) is 0 Å². The molecular weight excluding hydrogens is 266 g/mol. The van der Waals surface area contributed by atoms with Crippen molar-refractivity contribution in [1.29, 1.82) is 0 Å². The zero-order valence-electron chi connectivity index (χ0n) is 11.0. The minimum absolute atomic E-state index is 0.0774. The molecular formula is C13H20ClN3O2. The van der Waals surface area contributed by atoms with Gasteiger partial charge in [0.05, 0.1) is 18.0 Å². The summed E-state index contributed by atoms with van der Waals surface area (Å²) in [6.45, 7) is 1.51. The summed E-state index contributed by atoms with van der Waals surface area (Å²) in [5.74, 6) is -0.0774. The fourth-order valence-corrected chi connectivity index (χ4v) is 1.83. The van der Waals surface area contributed by atoms with Crippen LogP contribution in [-0.4, -0.2) is 42.7 Å². The Labute approximate surface area is 118 Å². The van der Waals surface area contributed by atoms with E-state index in [1.807, 2.05) is 11.9 Å². The van der Waals surface area contributed by atoms with Gasteiger partial charge in [-0.25, -0.2) is 0 Å². The van der Waals surface area contributed by atoms with Gasteiger partial charge in [0.15, 0.2) is 0 Å². The predicted octanol–water partition coefficient (Wildman–Crippen LogP) is 1.56. The summed E-state index contributed by atoms with van der Waals surface area (Å²) in [4.78, 5) is 13.7. The Kier molecular flexibility index (Phi) is 6.62. The molecule has 0 spiro atoms. The Morgan fingerprint density at radius 2 is 2.21 bits per heavy atom. The lowest BCUT2D eigenvalue weighted by Gasteiger charge is -2.14. The summed E-state index contributed by atoms with van der Waals surface area (Å²) in [6, 6.07) is 4.97. The third kappa shape index (κ3) is 5.92. The van der Waals surface area contributed by atoms with Crippen LogP contribution in [0.15, 0.2) is 18.2 Å². The zero-order valence-corrected chi connectivity index (χ0v) is 11.8. The van der Waals surface area contributed by atoms with Gasteiger partial charge in [-0.05, 0) is 38.2 Å². The average molecular weight is 286 g/mol. The number of nitrogens with one attached hydrogen (secondary N) is 1. The van der Waals surface area contributed by atoms with E-state index in [9.17, 15) is 4.79 Å². The molecule has 5 nitrogen and oxygen atoms in total. The number of aliphatic hydroxyl groups excluding tert-OH is 1. The highest BCUT2D eigenvalue weighted by atomic mass is 35.5. The van der Waals surface area contributed by atoms with E-state index in [1.54, 1.807) is 18.2 Å². The number of nitrogens with zero attached hydrogens (tertiary/aromatic N) is 1. The maximum atomic E-state index is 11.7. The molecule has 0 saturated heterocycles. The molecule has 0 bridgehead atoms. The number of nitrogens with two attached hydrogens (primary N) is 1. The first-order chi connectivity index (χ1) is 9.02. The van der Waals surface area contributed by atoms with Gasteiger partial charge in [0.1, 0.15) is 0 Å². The quantitative estimate of drug-likeness (QED) is 0.665. The number of nitrogen functional groups attached to an aromatic ring is 1. The summed E-state index contributed by atoms with van der Waals surface area (Å²) in [5.41, 5.74) is 6.79. The third-order valence-electron chi connectivity index (χ3n) is 2.71. The Morgan fingerprint density at radius 1 is 1.47 bits per heavy atom. The number of carbonyl (C=O) groups is 1. The van der Waals surface area contributed by atoms with Crippen molar-refractivity contribution in [2.75, 3.05) is 37.8 Å². The second-order valence-electron chi connectivity index (χ2n) is 4.41. The van der Waals surface area contributed by atoms with Crippen molar-refractivity contribution >= 4 is 28.9 Å². The van der Waals surface area contributed by atoms with Crippen molar-refractivity contribution in [1.82, 2.24) is 4.90 Å². The lowest BCUT2D eigenvalue weighted by atomic mass is 10.2. The zero-order chi connectivity index (χ0) is 14.3. The molecule has 0 radical (unpaired) electrons. The van der Waals surface area contributed by atoms with Crippen molar-refractivity contribution in [2.45, 2.75) is 12.8 Å². The SMILES string of the molecule is CN(CCO)CCCC(=O)Nc1ccc(Cl)cc1N. The molecule has 0 aliphatic carbocycles. The summed E-state index contributed by atoms with van der Waals surface area (Å²) < 4.78 is 0. The van der Waals surface area contributed by atoms with E-state index in [0.29, 0.717) is 29.4 Å². The lowest BCUT2D eigenvalue weighted by molar-refractivity contribution is -0.116. The molecule has 0 fully saturated rings. The first-order valence-electron chi connectivity index (χ1n) is 6.17. The van der Waals surface area contributed by atoms with E-state index in [-0.39, 0.29) is 12.5 Å². The largest absolute Gasteiger partial charge is 0.397 e. The Hall–Kier alpha value is -1.30. The van der Waals surface area contributed by atoms with Gasteiger partial charge in [-0.3, -0.25) is 4.79 Å². The fourth-order valence-electron chi connectivity index (χ4n) is 1.65. The maximum Gasteiger partial charge on any atom is 0.224 e. The standard InChI is InChI=1S/C13H20ClN3O2/c1-17(7-8-18)6-2-3-13(19)16-12-5-4-10(14)9-11(12)15/h4-5,9,18H,2-3,6-8,15H2,1H3,(H,16,19). The van der Waals surface area contributed by atoms with Gasteiger partial charge in [-0.1, -0.05) is 11.6 Å². The fraction of sp³-hybridized carbons (Fsp3) is 0.462. The summed E-state index contributed by atoms with van der Waals surface area (Å²) in [5, 5.41) is 12.0.